The maximum atomic E-state index is 12.9. The van der Waals surface area contributed by atoms with Crippen molar-refractivity contribution < 1.29 is 9.53 Å². The quantitative estimate of drug-likeness (QED) is 0.525. The molecule has 3 heterocycles. The average molecular weight is 474 g/mol. The standard InChI is InChI=1S/C30H39N3O2/c1-22-11-12-26-25(18-22)23(2)27(31-26)19-33-16-14-30(15-17-33)13-7-6-9-24-8-4-5-10-28(24)35-20-29(34)32(3)21-30/h4-5,8,10-12,18,31H,6-7,9,13-17,19-21H2,1-3H3. The number of hydrogen-bond donors (Lipinski definition) is 1. The van der Waals surface area contributed by atoms with Crippen LogP contribution in [0.4, 0.5) is 0 Å². The molecule has 35 heavy (non-hydrogen) atoms. The lowest BCUT2D eigenvalue weighted by Gasteiger charge is -2.44. The molecular formula is C30H39N3O2. The molecule has 0 radical (unpaired) electrons. The minimum atomic E-state index is 0.0752. The second-order valence-electron chi connectivity index (χ2n) is 10.9. The van der Waals surface area contributed by atoms with Crippen LogP contribution in [-0.4, -0.2) is 54.0 Å². The third kappa shape index (κ3) is 5.25. The summed E-state index contributed by atoms with van der Waals surface area (Å²) in [6.07, 6.45) is 6.84. The van der Waals surface area contributed by atoms with E-state index in [0.29, 0.717) is 0 Å². The molecule has 186 valence electrons. The smallest absolute Gasteiger partial charge is 0.260 e. The van der Waals surface area contributed by atoms with Crippen LogP contribution in [-0.2, 0) is 17.8 Å². The van der Waals surface area contributed by atoms with Gasteiger partial charge in [-0.25, -0.2) is 0 Å². The first-order chi connectivity index (χ1) is 16.9. The van der Waals surface area contributed by atoms with E-state index in [-0.39, 0.29) is 17.9 Å². The number of nitrogens with zero attached hydrogens (tertiary/aromatic N) is 2. The molecule has 2 aromatic carbocycles. The summed E-state index contributed by atoms with van der Waals surface area (Å²) < 4.78 is 5.94. The number of fused-ring (bicyclic) bond motifs is 2. The van der Waals surface area contributed by atoms with E-state index in [0.717, 1.165) is 57.6 Å². The molecule has 1 aromatic heterocycles. The summed E-state index contributed by atoms with van der Waals surface area (Å²) >= 11 is 0. The minimum absolute atomic E-state index is 0.0752. The van der Waals surface area contributed by atoms with Crippen molar-refractivity contribution in [2.75, 3.05) is 33.3 Å². The number of nitrogens with one attached hydrogen (secondary N) is 1. The number of piperidine rings is 1. The maximum absolute atomic E-state index is 12.9. The fourth-order valence-electron chi connectivity index (χ4n) is 6.06. The number of likely N-dealkylation sites (tertiary alicyclic amines) is 1. The highest BCUT2D eigenvalue weighted by atomic mass is 16.5. The van der Waals surface area contributed by atoms with Gasteiger partial charge in [0.2, 0.25) is 0 Å². The largest absolute Gasteiger partial charge is 0.483 e. The SMILES string of the molecule is Cc1ccc2[nH]c(CN3CCC4(CCCCc5ccccc5OCC(=O)N(C)C4)CC3)c(C)c2c1. The predicted octanol–water partition coefficient (Wildman–Crippen LogP) is 5.63. The second-order valence-corrected chi connectivity index (χ2v) is 10.9. The fraction of sp³-hybridized carbons (Fsp3) is 0.500. The number of para-hydroxylation sites is 1. The van der Waals surface area contributed by atoms with Crippen molar-refractivity contribution in [3.63, 3.8) is 0 Å². The number of rotatable bonds is 2. The molecule has 1 fully saturated rings. The summed E-state index contributed by atoms with van der Waals surface area (Å²) in [6, 6.07) is 14.8. The molecule has 2 aliphatic heterocycles. The zero-order valence-corrected chi connectivity index (χ0v) is 21.5. The third-order valence-corrected chi connectivity index (χ3v) is 8.34. The number of amides is 1. The highest BCUT2D eigenvalue weighted by Gasteiger charge is 2.36. The first-order valence-electron chi connectivity index (χ1n) is 13.2. The van der Waals surface area contributed by atoms with E-state index >= 15 is 0 Å². The van der Waals surface area contributed by atoms with Gasteiger partial charge in [0.1, 0.15) is 5.75 Å². The first kappa shape index (κ1) is 23.9. The summed E-state index contributed by atoms with van der Waals surface area (Å²) in [5, 5.41) is 1.34. The van der Waals surface area contributed by atoms with Crippen molar-refractivity contribution in [2.24, 2.45) is 5.41 Å². The minimum Gasteiger partial charge on any atom is -0.483 e. The van der Waals surface area contributed by atoms with E-state index in [2.05, 4.69) is 54.1 Å². The van der Waals surface area contributed by atoms with Gasteiger partial charge in [0.05, 0.1) is 0 Å². The van der Waals surface area contributed by atoms with Crippen molar-refractivity contribution in [1.29, 1.82) is 0 Å². The van der Waals surface area contributed by atoms with Crippen LogP contribution in [0.1, 0.15) is 54.5 Å². The molecule has 0 bridgehead atoms. The number of aromatic nitrogens is 1. The van der Waals surface area contributed by atoms with E-state index in [4.69, 9.17) is 4.74 Å². The Balaban J connectivity index is 1.26. The zero-order chi connectivity index (χ0) is 24.4. The summed E-state index contributed by atoms with van der Waals surface area (Å²) in [5.74, 6) is 0.937. The monoisotopic (exact) mass is 473 g/mol. The van der Waals surface area contributed by atoms with Crippen LogP contribution >= 0.6 is 0 Å². The Kier molecular flexibility index (Phi) is 6.88. The van der Waals surface area contributed by atoms with Crippen LogP contribution in [0.5, 0.6) is 5.75 Å². The molecule has 5 heteroatoms. The van der Waals surface area contributed by atoms with Crippen molar-refractivity contribution in [3.8, 4) is 5.75 Å². The van der Waals surface area contributed by atoms with Crippen molar-refractivity contribution >= 4 is 16.8 Å². The number of carbonyl (C=O) groups is 1. The lowest BCUT2D eigenvalue weighted by atomic mass is 9.73. The van der Waals surface area contributed by atoms with E-state index in [1.165, 1.54) is 46.1 Å². The van der Waals surface area contributed by atoms with Crippen LogP contribution < -0.4 is 4.74 Å². The Labute approximate surface area is 209 Å². The Morgan fingerprint density at radius 2 is 1.83 bits per heavy atom. The lowest BCUT2D eigenvalue weighted by Crippen LogP contribution is -2.47. The molecule has 0 unspecified atom stereocenters. The van der Waals surface area contributed by atoms with Crippen LogP contribution in [0, 0.1) is 19.3 Å². The van der Waals surface area contributed by atoms with Crippen LogP contribution in [0.15, 0.2) is 42.5 Å². The molecule has 5 rings (SSSR count). The number of H-pyrrole nitrogens is 1. The van der Waals surface area contributed by atoms with Gasteiger partial charge < -0.3 is 14.6 Å². The maximum Gasteiger partial charge on any atom is 0.260 e. The predicted molar refractivity (Wildman–Crippen MR) is 142 cm³/mol. The van der Waals surface area contributed by atoms with Crippen LogP contribution in [0.3, 0.4) is 0 Å². The van der Waals surface area contributed by atoms with E-state index in [9.17, 15) is 4.79 Å². The van der Waals surface area contributed by atoms with Gasteiger partial charge in [0, 0.05) is 36.7 Å². The molecule has 1 saturated heterocycles. The number of carbonyl (C=O) groups excluding carboxylic acids is 1. The fourth-order valence-corrected chi connectivity index (χ4v) is 6.06. The van der Waals surface area contributed by atoms with Crippen LogP contribution in [0.2, 0.25) is 0 Å². The number of ether oxygens (including phenoxy) is 1. The third-order valence-electron chi connectivity index (χ3n) is 8.34. The Morgan fingerprint density at radius 3 is 2.66 bits per heavy atom. The molecule has 2 aliphatic rings. The Bertz CT molecular complexity index is 1190. The topological polar surface area (TPSA) is 48.6 Å². The molecule has 3 aromatic rings. The second kappa shape index (κ2) is 10.1. The summed E-state index contributed by atoms with van der Waals surface area (Å²) in [5.41, 5.74) is 6.67. The lowest BCUT2D eigenvalue weighted by molar-refractivity contribution is -0.134. The molecule has 0 saturated carbocycles. The Hall–Kier alpha value is -2.79. The zero-order valence-electron chi connectivity index (χ0n) is 21.5. The van der Waals surface area contributed by atoms with E-state index in [1.54, 1.807) is 0 Å². The van der Waals surface area contributed by atoms with Crippen molar-refractivity contribution in [1.82, 2.24) is 14.8 Å². The average Bonchev–Trinajstić information content (AvgIpc) is 3.16. The summed E-state index contributed by atoms with van der Waals surface area (Å²) in [7, 11) is 1.95. The van der Waals surface area contributed by atoms with Gasteiger partial charge >= 0.3 is 0 Å². The van der Waals surface area contributed by atoms with Crippen molar-refractivity contribution in [2.45, 2.75) is 58.9 Å². The highest BCUT2D eigenvalue weighted by molar-refractivity contribution is 5.85. The Morgan fingerprint density at radius 1 is 1.03 bits per heavy atom. The molecule has 1 amide bonds. The molecular weight excluding hydrogens is 434 g/mol. The van der Waals surface area contributed by atoms with Gasteiger partial charge in [0.25, 0.3) is 5.91 Å². The molecule has 0 atom stereocenters. The van der Waals surface area contributed by atoms with Gasteiger partial charge in [-0.15, -0.1) is 0 Å². The van der Waals surface area contributed by atoms with E-state index in [1.807, 2.05) is 24.1 Å². The van der Waals surface area contributed by atoms with Crippen LogP contribution in [0.25, 0.3) is 10.9 Å². The first-order valence-corrected chi connectivity index (χ1v) is 13.2. The van der Waals surface area contributed by atoms with Crippen molar-refractivity contribution in [3.05, 3.63) is 64.8 Å². The van der Waals surface area contributed by atoms with E-state index < -0.39 is 0 Å². The van der Waals surface area contributed by atoms with Gasteiger partial charge in [-0.1, -0.05) is 36.2 Å². The number of benzene rings is 2. The highest BCUT2D eigenvalue weighted by Crippen LogP contribution is 2.39. The van der Waals surface area contributed by atoms with Gasteiger partial charge in [-0.2, -0.15) is 0 Å². The normalized spacial score (nSPS) is 19.7. The number of aryl methyl sites for hydroxylation is 3. The molecule has 0 aliphatic carbocycles. The summed E-state index contributed by atoms with van der Waals surface area (Å²) in [4.78, 5) is 21.1. The number of aromatic amines is 1. The molecule has 1 spiro atoms. The van der Waals surface area contributed by atoms with Gasteiger partial charge in [0.15, 0.2) is 6.61 Å². The molecule has 1 N–H and O–H groups in total. The van der Waals surface area contributed by atoms with Gasteiger partial charge in [-0.3, -0.25) is 9.69 Å². The number of hydrogen-bond acceptors (Lipinski definition) is 3. The van der Waals surface area contributed by atoms with Gasteiger partial charge in [-0.05, 0) is 93.8 Å². The number of likely N-dealkylation sites (N-methyl/N-ethyl adjacent to an activating group) is 1. The summed E-state index contributed by atoms with van der Waals surface area (Å²) in [6.45, 7) is 8.47. The molecule has 5 nitrogen and oxygen atoms in total.